The summed E-state index contributed by atoms with van der Waals surface area (Å²) in [7, 11) is 1.77. The maximum absolute atomic E-state index is 5.23. The smallest absolute Gasteiger partial charge is 0.146 e. The first-order chi connectivity index (χ1) is 7.33. The van der Waals surface area contributed by atoms with Crippen molar-refractivity contribution in [2.24, 2.45) is 0 Å². The molecule has 1 aromatic rings. The van der Waals surface area contributed by atoms with Gasteiger partial charge in [0.2, 0.25) is 0 Å². The number of hydrogen-bond acceptors (Lipinski definition) is 4. The third-order valence-corrected chi connectivity index (χ3v) is 3.01. The van der Waals surface area contributed by atoms with E-state index >= 15 is 0 Å². The van der Waals surface area contributed by atoms with Gasteiger partial charge in [-0.05, 0) is 19.8 Å². The highest BCUT2D eigenvalue weighted by Gasteiger charge is 2.28. The first kappa shape index (κ1) is 10.6. The third-order valence-electron chi connectivity index (χ3n) is 3.01. The molecule has 0 atom stereocenters. The number of nitrogens with zero attached hydrogens (tertiary/aromatic N) is 3. The van der Waals surface area contributed by atoms with Gasteiger partial charge in [0.05, 0.1) is 12.6 Å². The van der Waals surface area contributed by atoms with Gasteiger partial charge in [-0.2, -0.15) is 0 Å². The number of aromatic nitrogens is 3. The largest absolute Gasteiger partial charge is 0.381 e. The van der Waals surface area contributed by atoms with Crippen LogP contribution in [0.15, 0.2) is 6.33 Å². The van der Waals surface area contributed by atoms with Gasteiger partial charge in [-0.25, -0.2) is 0 Å². The summed E-state index contributed by atoms with van der Waals surface area (Å²) in [4.78, 5) is 0. The number of rotatable bonds is 5. The molecule has 5 nitrogen and oxygen atoms in total. The van der Waals surface area contributed by atoms with E-state index in [1.54, 1.807) is 13.4 Å². The molecule has 0 spiro atoms. The number of ether oxygens (including phenoxy) is 1. The molecule has 0 saturated heterocycles. The fourth-order valence-electron chi connectivity index (χ4n) is 1.84. The highest BCUT2D eigenvalue weighted by molar-refractivity contribution is 4.90. The van der Waals surface area contributed by atoms with Gasteiger partial charge in [-0.1, -0.05) is 0 Å². The predicted molar refractivity (Wildman–Crippen MR) is 56.4 cm³/mol. The first-order valence-corrected chi connectivity index (χ1v) is 5.46. The van der Waals surface area contributed by atoms with Crippen LogP contribution in [0.25, 0.3) is 0 Å². The zero-order chi connectivity index (χ0) is 10.7. The Bertz CT molecular complexity index is 306. The van der Waals surface area contributed by atoms with Crippen LogP contribution in [0.4, 0.5) is 0 Å². The van der Waals surface area contributed by atoms with Crippen molar-refractivity contribution in [3.8, 4) is 0 Å². The molecular weight excluding hydrogens is 192 g/mol. The molecular formula is C10H18N4O. The lowest BCUT2D eigenvalue weighted by Gasteiger charge is -2.34. The standard InChI is InChI=1S/C10H18N4O/c1-3-14-7-12-13-10(14)6-11-8-4-9(5-8)15-2/h7-9,11H,3-6H2,1-2H3. The van der Waals surface area contributed by atoms with Gasteiger partial charge >= 0.3 is 0 Å². The molecule has 1 saturated carbocycles. The Hall–Kier alpha value is -0.940. The third kappa shape index (κ3) is 2.35. The van der Waals surface area contributed by atoms with Crippen LogP contribution in [-0.4, -0.2) is 34.0 Å². The van der Waals surface area contributed by atoms with Gasteiger partial charge in [0.15, 0.2) is 0 Å². The van der Waals surface area contributed by atoms with Crippen LogP contribution >= 0.6 is 0 Å². The van der Waals surface area contributed by atoms with E-state index in [1.165, 1.54) is 0 Å². The highest BCUT2D eigenvalue weighted by Crippen LogP contribution is 2.22. The van der Waals surface area contributed by atoms with Gasteiger partial charge in [-0.15, -0.1) is 10.2 Å². The molecule has 15 heavy (non-hydrogen) atoms. The molecule has 0 radical (unpaired) electrons. The Kier molecular flexibility index (Phi) is 3.33. The zero-order valence-corrected chi connectivity index (χ0v) is 9.31. The maximum Gasteiger partial charge on any atom is 0.146 e. The van der Waals surface area contributed by atoms with Crippen LogP contribution < -0.4 is 5.32 Å². The Morgan fingerprint density at radius 3 is 3.07 bits per heavy atom. The van der Waals surface area contributed by atoms with Gasteiger partial charge < -0.3 is 14.6 Å². The topological polar surface area (TPSA) is 52.0 Å². The summed E-state index contributed by atoms with van der Waals surface area (Å²) >= 11 is 0. The van der Waals surface area contributed by atoms with Gasteiger partial charge in [0.1, 0.15) is 12.2 Å². The molecule has 84 valence electrons. The van der Waals surface area contributed by atoms with Crippen LogP contribution in [0.1, 0.15) is 25.6 Å². The van der Waals surface area contributed by atoms with E-state index in [1.807, 2.05) is 0 Å². The van der Waals surface area contributed by atoms with E-state index in [4.69, 9.17) is 4.74 Å². The van der Waals surface area contributed by atoms with Crippen molar-refractivity contribution in [2.45, 2.75) is 45.0 Å². The van der Waals surface area contributed by atoms with Crippen molar-refractivity contribution in [1.29, 1.82) is 0 Å². The van der Waals surface area contributed by atoms with Crippen LogP contribution in [0.2, 0.25) is 0 Å². The summed E-state index contributed by atoms with van der Waals surface area (Å²) in [6.45, 7) is 3.82. The summed E-state index contributed by atoms with van der Waals surface area (Å²) in [5.74, 6) is 1.01. The number of hydrogen-bond donors (Lipinski definition) is 1. The molecule has 1 aromatic heterocycles. The van der Waals surface area contributed by atoms with Crippen molar-refractivity contribution in [3.63, 3.8) is 0 Å². The Morgan fingerprint density at radius 2 is 2.40 bits per heavy atom. The quantitative estimate of drug-likeness (QED) is 0.771. The van der Waals surface area contributed by atoms with Gasteiger partial charge in [0.25, 0.3) is 0 Å². The predicted octanol–water partition coefficient (Wildman–Crippen LogP) is 0.565. The number of nitrogens with one attached hydrogen (secondary N) is 1. The molecule has 1 N–H and O–H groups in total. The molecule has 1 fully saturated rings. The summed E-state index contributed by atoms with van der Waals surface area (Å²) < 4.78 is 7.28. The van der Waals surface area contributed by atoms with Crippen molar-refractivity contribution < 1.29 is 4.74 Å². The van der Waals surface area contributed by atoms with Crippen molar-refractivity contribution >= 4 is 0 Å². The minimum absolute atomic E-state index is 0.451. The van der Waals surface area contributed by atoms with E-state index in [2.05, 4.69) is 27.0 Å². The lowest BCUT2D eigenvalue weighted by Crippen LogP contribution is -2.44. The maximum atomic E-state index is 5.23. The van der Waals surface area contributed by atoms with E-state index in [9.17, 15) is 0 Å². The average molecular weight is 210 g/mol. The second-order valence-corrected chi connectivity index (χ2v) is 3.94. The molecule has 5 heteroatoms. The molecule has 0 amide bonds. The molecule has 1 heterocycles. The molecule has 0 aromatic carbocycles. The van der Waals surface area contributed by atoms with Crippen LogP contribution in [0, 0.1) is 0 Å². The Morgan fingerprint density at radius 1 is 1.60 bits per heavy atom. The summed E-state index contributed by atoms with van der Waals surface area (Å²) in [5.41, 5.74) is 0. The lowest BCUT2D eigenvalue weighted by atomic mass is 9.89. The summed E-state index contributed by atoms with van der Waals surface area (Å²) in [6.07, 6.45) is 4.44. The Balaban J connectivity index is 1.75. The zero-order valence-electron chi connectivity index (χ0n) is 9.31. The van der Waals surface area contributed by atoms with Gasteiger partial charge in [0, 0.05) is 19.7 Å². The van der Waals surface area contributed by atoms with E-state index in [0.29, 0.717) is 12.1 Å². The SMILES string of the molecule is CCn1cnnc1CNC1CC(OC)C1. The molecule has 2 rings (SSSR count). The van der Waals surface area contributed by atoms with Gasteiger partial charge in [-0.3, -0.25) is 0 Å². The van der Waals surface area contributed by atoms with Crippen LogP contribution in [0.3, 0.4) is 0 Å². The minimum atomic E-state index is 0.451. The van der Waals surface area contributed by atoms with Crippen LogP contribution in [-0.2, 0) is 17.8 Å². The summed E-state index contributed by atoms with van der Waals surface area (Å²) in [6, 6.07) is 0.581. The highest BCUT2D eigenvalue weighted by atomic mass is 16.5. The monoisotopic (exact) mass is 210 g/mol. The number of methoxy groups -OCH3 is 1. The van der Waals surface area contributed by atoms with E-state index < -0.39 is 0 Å². The van der Waals surface area contributed by atoms with Crippen molar-refractivity contribution in [1.82, 2.24) is 20.1 Å². The molecule has 0 bridgehead atoms. The number of aryl methyl sites for hydroxylation is 1. The fraction of sp³-hybridized carbons (Fsp3) is 0.800. The molecule has 1 aliphatic carbocycles. The second-order valence-electron chi connectivity index (χ2n) is 3.94. The Labute approximate surface area is 89.8 Å². The van der Waals surface area contributed by atoms with Crippen molar-refractivity contribution in [3.05, 3.63) is 12.2 Å². The summed E-state index contributed by atoms with van der Waals surface area (Å²) in [5, 5.41) is 11.4. The molecule has 1 aliphatic rings. The lowest BCUT2D eigenvalue weighted by molar-refractivity contribution is 0.0167. The fourth-order valence-corrected chi connectivity index (χ4v) is 1.84. The van der Waals surface area contributed by atoms with Crippen molar-refractivity contribution in [2.75, 3.05) is 7.11 Å². The normalized spacial score (nSPS) is 25.2. The minimum Gasteiger partial charge on any atom is -0.381 e. The molecule has 0 aliphatic heterocycles. The van der Waals surface area contributed by atoms with E-state index in [0.717, 1.165) is 31.8 Å². The van der Waals surface area contributed by atoms with Crippen LogP contribution in [0.5, 0.6) is 0 Å². The first-order valence-electron chi connectivity index (χ1n) is 5.46. The van der Waals surface area contributed by atoms with E-state index in [-0.39, 0.29) is 0 Å². The molecule has 0 unspecified atom stereocenters. The average Bonchev–Trinajstić information content (AvgIpc) is 2.63. The second kappa shape index (κ2) is 4.72.